The van der Waals surface area contributed by atoms with Crippen molar-refractivity contribution in [3.8, 4) is 0 Å². The maximum atomic E-state index is 12.4. The molecule has 1 aromatic heterocycles. The fraction of sp³-hybridized carbons (Fsp3) is 0.421. The van der Waals surface area contributed by atoms with Crippen molar-refractivity contribution < 1.29 is 4.79 Å². The summed E-state index contributed by atoms with van der Waals surface area (Å²) in [5.74, 6) is 0.522. The second-order valence-corrected chi connectivity index (χ2v) is 6.57. The lowest BCUT2D eigenvalue weighted by Gasteiger charge is -2.19. The zero-order valence-electron chi connectivity index (χ0n) is 14.9. The summed E-state index contributed by atoms with van der Waals surface area (Å²) in [5.41, 5.74) is 2.31. The maximum Gasteiger partial charge on any atom is 0.258 e. The van der Waals surface area contributed by atoms with Crippen LogP contribution in [0.3, 0.4) is 0 Å². The van der Waals surface area contributed by atoms with Crippen LogP contribution in [0.4, 0.5) is 17.3 Å². The third-order valence-corrected chi connectivity index (χ3v) is 4.43. The molecular formula is C19H25N5O. The average molecular weight is 339 g/mol. The van der Waals surface area contributed by atoms with Gasteiger partial charge in [-0.1, -0.05) is 12.8 Å². The molecule has 1 amide bonds. The van der Waals surface area contributed by atoms with Crippen molar-refractivity contribution in [3.05, 3.63) is 42.2 Å². The second kappa shape index (κ2) is 7.96. The number of anilines is 3. The van der Waals surface area contributed by atoms with Crippen LogP contribution in [0.25, 0.3) is 0 Å². The zero-order chi connectivity index (χ0) is 17.6. The van der Waals surface area contributed by atoms with E-state index >= 15 is 0 Å². The number of carbonyl (C=O) groups is 1. The van der Waals surface area contributed by atoms with E-state index in [4.69, 9.17) is 0 Å². The molecular weight excluding hydrogens is 314 g/mol. The Hall–Kier alpha value is -2.63. The van der Waals surface area contributed by atoms with Gasteiger partial charge in [0.05, 0.1) is 5.56 Å². The van der Waals surface area contributed by atoms with Crippen molar-refractivity contribution in [2.24, 2.45) is 0 Å². The predicted octanol–water partition coefficient (Wildman–Crippen LogP) is 3.18. The predicted molar refractivity (Wildman–Crippen MR) is 101 cm³/mol. The van der Waals surface area contributed by atoms with Gasteiger partial charge < -0.3 is 15.1 Å². The molecule has 0 spiro atoms. The molecule has 1 aromatic carbocycles. The summed E-state index contributed by atoms with van der Waals surface area (Å²) >= 11 is 0. The van der Waals surface area contributed by atoms with E-state index in [9.17, 15) is 4.79 Å². The third kappa shape index (κ3) is 4.47. The van der Waals surface area contributed by atoms with Crippen LogP contribution in [-0.2, 0) is 0 Å². The van der Waals surface area contributed by atoms with Gasteiger partial charge in [-0.15, -0.1) is 0 Å². The highest BCUT2D eigenvalue weighted by Gasteiger charge is 2.14. The van der Waals surface area contributed by atoms with E-state index < -0.39 is 0 Å². The van der Waals surface area contributed by atoms with E-state index in [0.717, 1.165) is 24.5 Å². The van der Waals surface area contributed by atoms with Crippen LogP contribution >= 0.6 is 0 Å². The normalized spacial score (nSPS) is 14.7. The molecule has 0 unspecified atom stereocenters. The second-order valence-electron chi connectivity index (χ2n) is 6.57. The van der Waals surface area contributed by atoms with Gasteiger partial charge in [0, 0.05) is 51.0 Å². The molecule has 2 heterocycles. The molecule has 132 valence electrons. The molecule has 3 rings (SSSR count). The lowest BCUT2D eigenvalue weighted by Crippen LogP contribution is -2.26. The van der Waals surface area contributed by atoms with Gasteiger partial charge in [0.1, 0.15) is 0 Å². The Kier molecular flexibility index (Phi) is 5.48. The van der Waals surface area contributed by atoms with Crippen LogP contribution < -0.4 is 15.1 Å². The van der Waals surface area contributed by atoms with Crippen molar-refractivity contribution >= 4 is 23.2 Å². The zero-order valence-corrected chi connectivity index (χ0v) is 14.9. The first-order valence-corrected chi connectivity index (χ1v) is 8.79. The molecule has 0 radical (unpaired) electrons. The fourth-order valence-electron chi connectivity index (χ4n) is 2.92. The first-order valence-electron chi connectivity index (χ1n) is 8.79. The molecule has 0 aliphatic carbocycles. The smallest absolute Gasteiger partial charge is 0.258 e. The van der Waals surface area contributed by atoms with Crippen molar-refractivity contribution in [1.29, 1.82) is 0 Å². The summed E-state index contributed by atoms with van der Waals surface area (Å²) in [6, 6.07) is 7.71. The van der Waals surface area contributed by atoms with Crippen LogP contribution in [0.2, 0.25) is 0 Å². The highest BCUT2D eigenvalue weighted by atomic mass is 16.1. The number of carbonyl (C=O) groups excluding carboxylic acids is 1. The standard InChI is InChI=1S/C19H25N5O/c1-23(2)17-9-7-16(8-10-17)22-18(25)15-13-20-19(21-14-15)24-11-5-3-4-6-12-24/h7-10,13-14H,3-6,11-12H2,1-2H3,(H,22,25). The monoisotopic (exact) mass is 339 g/mol. The van der Waals surface area contributed by atoms with Crippen molar-refractivity contribution in [1.82, 2.24) is 9.97 Å². The maximum absolute atomic E-state index is 12.4. The Morgan fingerprint density at radius 3 is 2.16 bits per heavy atom. The van der Waals surface area contributed by atoms with Gasteiger partial charge in [0.25, 0.3) is 5.91 Å². The van der Waals surface area contributed by atoms with Gasteiger partial charge in [-0.25, -0.2) is 9.97 Å². The molecule has 0 atom stereocenters. The number of amides is 1. The molecule has 6 nitrogen and oxygen atoms in total. The first-order chi connectivity index (χ1) is 12.1. The van der Waals surface area contributed by atoms with Crippen molar-refractivity contribution in [2.75, 3.05) is 42.3 Å². The topological polar surface area (TPSA) is 61.4 Å². The minimum Gasteiger partial charge on any atom is -0.378 e. The number of benzene rings is 1. The number of nitrogens with zero attached hydrogens (tertiary/aromatic N) is 4. The molecule has 2 aromatic rings. The number of nitrogens with one attached hydrogen (secondary N) is 1. The summed E-state index contributed by atoms with van der Waals surface area (Å²) in [5, 5.41) is 2.88. The fourth-order valence-corrected chi connectivity index (χ4v) is 2.92. The number of hydrogen-bond donors (Lipinski definition) is 1. The molecule has 1 aliphatic rings. The molecule has 25 heavy (non-hydrogen) atoms. The summed E-state index contributed by atoms with van der Waals surface area (Å²) in [6.07, 6.45) is 8.10. The summed E-state index contributed by atoms with van der Waals surface area (Å²) in [6.45, 7) is 1.98. The molecule has 0 bridgehead atoms. The molecule has 1 aliphatic heterocycles. The summed E-state index contributed by atoms with van der Waals surface area (Å²) in [4.78, 5) is 25.4. The van der Waals surface area contributed by atoms with Crippen LogP contribution in [0.15, 0.2) is 36.7 Å². The molecule has 0 saturated carbocycles. The molecule has 6 heteroatoms. The van der Waals surface area contributed by atoms with Gasteiger partial charge in [-0.2, -0.15) is 0 Å². The van der Waals surface area contributed by atoms with E-state index in [1.165, 1.54) is 25.7 Å². The number of aromatic nitrogens is 2. The first kappa shape index (κ1) is 17.2. The summed E-state index contributed by atoms with van der Waals surface area (Å²) in [7, 11) is 3.97. The van der Waals surface area contributed by atoms with Gasteiger partial charge in [0.2, 0.25) is 5.95 Å². The quantitative estimate of drug-likeness (QED) is 0.927. The Morgan fingerprint density at radius 1 is 1.00 bits per heavy atom. The number of rotatable bonds is 4. The van der Waals surface area contributed by atoms with Crippen molar-refractivity contribution in [3.63, 3.8) is 0 Å². The Balaban J connectivity index is 1.64. The van der Waals surface area contributed by atoms with Gasteiger partial charge in [0.15, 0.2) is 0 Å². The average Bonchev–Trinajstić information content (AvgIpc) is 2.92. The van der Waals surface area contributed by atoms with E-state index in [1.54, 1.807) is 12.4 Å². The number of hydrogen-bond acceptors (Lipinski definition) is 5. The van der Waals surface area contributed by atoms with E-state index in [-0.39, 0.29) is 5.91 Å². The van der Waals surface area contributed by atoms with Crippen LogP contribution in [-0.4, -0.2) is 43.1 Å². The van der Waals surface area contributed by atoms with Gasteiger partial charge >= 0.3 is 0 Å². The van der Waals surface area contributed by atoms with E-state index in [1.807, 2.05) is 43.3 Å². The minimum absolute atomic E-state index is 0.194. The van der Waals surface area contributed by atoms with Gasteiger partial charge in [-0.05, 0) is 37.1 Å². The van der Waals surface area contributed by atoms with Crippen molar-refractivity contribution in [2.45, 2.75) is 25.7 Å². The largest absolute Gasteiger partial charge is 0.378 e. The lowest BCUT2D eigenvalue weighted by atomic mass is 10.2. The van der Waals surface area contributed by atoms with Crippen LogP contribution in [0, 0.1) is 0 Å². The summed E-state index contributed by atoms with van der Waals surface area (Å²) < 4.78 is 0. The highest BCUT2D eigenvalue weighted by molar-refractivity contribution is 6.03. The van der Waals surface area contributed by atoms with E-state index in [2.05, 4.69) is 20.2 Å². The van der Waals surface area contributed by atoms with Crippen LogP contribution in [0.1, 0.15) is 36.0 Å². The Labute approximate surface area is 148 Å². The lowest BCUT2D eigenvalue weighted by molar-refractivity contribution is 0.102. The molecule has 1 N–H and O–H groups in total. The van der Waals surface area contributed by atoms with E-state index in [0.29, 0.717) is 11.5 Å². The Bertz CT molecular complexity index is 689. The third-order valence-electron chi connectivity index (χ3n) is 4.43. The minimum atomic E-state index is -0.194. The SMILES string of the molecule is CN(C)c1ccc(NC(=O)c2cnc(N3CCCCCC3)nc2)cc1. The Morgan fingerprint density at radius 2 is 1.60 bits per heavy atom. The molecule has 1 saturated heterocycles. The highest BCUT2D eigenvalue weighted by Crippen LogP contribution is 2.17. The van der Waals surface area contributed by atoms with Crippen LogP contribution in [0.5, 0.6) is 0 Å². The van der Waals surface area contributed by atoms with Gasteiger partial charge in [-0.3, -0.25) is 4.79 Å². The molecule has 1 fully saturated rings.